The van der Waals surface area contributed by atoms with Crippen molar-refractivity contribution in [3.05, 3.63) is 33.9 Å². The first kappa shape index (κ1) is 15.9. The van der Waals surface area contributed by atoms with E-state index in [1.807, 2.05) is 6.92 Å². The van der Waals surface area contributed by atoms with E-state index < -0.39 is 4.92 Å². The molecule has 0 saturated carbocycles. The normalized spacial score (nSPS) is 10.1. The summed E-state index contributed by atoms with van der Waals surface area (Å²) in [6.07, 6.45) is 0.717. The summed E-state index contributed by atoms with van der Waals surface area (Å²) < 4.78 is 5.15. The van der Waals surface area contributed by atoms with Crippen molar-refractivity contribution in [3.8, 4) is 0 Å². The molecule has 1 rings (SSSR count). The Hall–Kier alpha value is -2.15. The van der Waals surface area contributed by atoms with Crippen molar-refractivity contribution in [3.63, 3.8) is 0 Å². The number of carbonyl (C=O) groups excluding carboxylic acids is 1. The van der Waals surface area contributed by atoms with Crippen molar-refractivity contribution in [2.75, 3.05) is 25.1 Å². The van der Waals surface area contributed by atoms with E-state index in [0.717, 1.165) is 12.0 Å². The maximum atomic E-state index is 11.6. The zero-order chi connectivity index (χ0) is 15.0. The lowest BCUT2D eigenvalue weighted by atomic mass is 10.2. The first-order chi connectivity index (χ1) is 9.54. The third-order valence-electron chi connectivity index (χ3n) is 2.64. The SMILES string of the molecule is CCOCCCNC(=O)Nc1cc([N+](=O)[O-])ccc1C. The van der Waals surface area contributed by atoms with Gasteiger partial charge in [-0.15, -0.1) is 0 Å². The molecule has 0 spiro atoms. The number of urea groups is 1. The third kappa shape index (κ3) is 5.23. The van der Waals surface area contributed by atoms with Crippen molar-refractivity contribution in [2.45, 2.75) is 20.3 Å². The van der Waals surface area contributed by atoms with Crippen molar-refractivity contribution < 1.29 is 14.5 Å². The molecule has 1 aromatic carbocycles. The Morgan fingerprint density at radius 3 is 2.85 bits per heavy atom. The first-order valence-corrected chi connectivity index (χ1v) is 6.42. The minimum absolute atomic E-state index is 0.0535. The molecular formula is C13H19N3O4. The van der Waals surface area contributed by atoms with Crippen LogP contribution in [0.3, 0.4) is 0 Å². The fourth-order valence-electron chi connectivity index (χ4n) is 1.55. The van der Waals surface area contributed by atoms with E-state index in [1.54, 1.807) is 13.0 Å². The standard InChI is InChI=1S/C13H19N3O4/c1-3-20-8-4-7-14-13(17)15-12-9-11(16(18)19)6-5-10(12)2/h5-6,9H,3-4,7-8H2,1-2H3,(H2,14,15,17). The molecule has 0 radical (unpaired) electrons. The van der Waals surface area contributed by atoms with E-state index in [2.05, 4.69) is 10.6 Å². The number of non-ortho nitro benzene ring substituents is 1. The van der Waals surface area contributed by atoms with Crippen LogP contribution in [0.1, 0.15) is 18.9 Å². The highest BCUT2D eigenvalue weighted by Gasteiger charge is 2.10. The highest BCUT2D eigenvalue weighted by Crippen LogP contribution is 2.21. The number of ether oxygens (including phenoxy) is 1. The summed E-state index contributed by atoms with van der Waals surface area (Å²) in [5.41, 5.74) is 1.14. The number of hydrogen-bond acceptors (Lipinski definition) is 4. The Morgan fingerprint density at radius 2 is 2.20 bits per heavy atom. The zero-order valence-electron chi connectivity index (χ0n) is 11.6. The topological polar surface area (TPSA) is 93.5 Å². The largest absolute Gasteiger partial charge is 0.382 e. The quantitative estimate of drug-likeness (QED) is 0.456. The van der Waals surface area contributed by atoms with Crippen molar-refractivity contribution in [1.82, 2.24) is 5.32 Å². The van der Waals surface area contributed by atoms with E-state index in [-0.39, 0.29) is 11.7 Å². The zero-order valence-corrected chi connectivity index (χ0v) is 11.6. The number of nitro groups is 1. The summed E-state index contributed by atoms with van der Waals surface area (Å²) in [6, 6.07) is 3.96. The molecule has 0 bridgehead atoms. The highest BCUT2D eigenvalue weighted by molar-refractivity contribution is 5.90. The number of amides is 2. The Labute approximate surface area is 117 Å². The van der Waals surface area contributed by atoms with Crippen LogP contribution < -0.4 is 10.6 Å². The molecule has 7 heteroatoms. The van der Waals surface area contributed by atoms with Gasteiger partial charge in [0, 0.05) is 31.9 Å². The molecular weight excluding hydrogens is 262 g/mol. The highest BCUT2D eigenvalue weighted by atomic mass is 16.6. The summed E-state index contributed by atoms with van der Waals surface area (Å²) in [5, 5.41) is 16.0. The van der Waals surface area contributed by atoms with E-state index in [0.29, 0.717) is 25.4 Å². The Balaban J connectivity index is 2.49. The van der Waals surface area contributed by atoms with E-state index in [9.17, 15) is 14.9 Å². The Morgan fingerprint density at radius 1 is 1.45 bits per heavy atom. The predicted octanol–water partition coefficient (Wildman–Crippen LogP) is 2.45. The molecule has 1 aromatic rings. The van der Waals surface area contributed by atoms with Gasteiger partial charge < -0.3 is 15.4 Å². The molecule has 0 aliphatic carbocycles. The van der Waals surface area contributed by atoms with Crippen LogP contribution in [0.5, 0.6) is 0 Å². The Kier molecular flexibility index (Phi) is 6.45. The predicted molar refractivity (Wildman–Crippen MR) is 76.0 cm³/mol. The van der Waals surface area contributed by atoms with Gasteiger partial charge in [-0.2, -0.15) is 0 Å². The lowest BCUT2D eigenvalue weighted by molar-refractivity contribution is -0.384. The second-order valence-electron chi connectivity index (χ2n) is 4.19. The maximum absolute atomic E-state index is 11.6. The Bertz CT molecular complexity index is 477. The molecule has 0 aliphatic rings. The smallest absolute Gasteiger partial charge is 0.319 e. The molecule has 110 valence electrons. The summed E-state index contributed by atoms with van der Waals surface area (Å²) in [5.74, 6) is 0. The number of benzene rings is 1. The van der Waals surface area contributed by atoms with Gasteiger partial charge in [0.2, 0.25) is 0 Å². The lowest BCUT2D eigenvalue weighted by Crippen LogP contribution is -2.30. The van der Waals surface area contributed by atoms with Crippen LogP contribution in [0.25, 0.3) is 0 Å². The fraction of sp³-hybridized carbons (Fsp3) is 0.462. The fourth-order valence-corrected chi connectivity index (χ4v) is 1.55. The number of nitro benzene ring substituents is 1. The molecule has 0 aliphatic heterocycles. The third-order valence-corrected chi connectivity index (χ3v) is 2.64. The molecule has 7 nitrogen and oxygen atoms in total. The van der Waals surface area contributed by atoms with Crippen LogP contribution in [0.15, 0.2) is 18.2 Å². The molecule has 0 fully saturated rings. The number of aryl methyl sites for hydroxylation is 1. The summed E-state index contributed by atoms with van der Waals surface area (Å²) in [7, 11) is 0. The maximum Gasteiger partial charge on any atom is 0.319 e. The van der Waals surface area contributed by atoms with Crippen molar-refractivity contribution in [2.24, 2.45) is 0 Å². The van der Waals surface area contributed by atoms with Crippen molar-refractivity contribution >= 4 is 17.4 Å². The molecule has 2 N–H and O–H groups in total. The van der Waals surface area contributed by atoms with Crippen LogP contribution in [-0.2, 0) is 4.74 Å². The van der Waals surface area contributed by atoms with Crippen molar-refractivity contribution in [1.29, 1.82) is 0 Å². The molecule has 2 amide bonds. The summed E-state index contributed by atoms with van der Waals surface area (Å²) in [6.45, 7) is 5.41. The minimum Gasteiger partial charge on any atom is -0.382 e. The van der Waals surface area contributed by atoms with Gasteiger partial charge in [0.05, 0.1) is 10.6 Å². The number of nitrogens with one attached hydrogen (secondary N) is 2. The second-order valence-corrected chi connectivity index (χ2v) is 4.19. The van der Waals surface area contributed by atoms with Gasteiger partial charge in [0.25, 0.3) is 5.69 Å². The average molecular weight is 281 g/mol. The van der Waals surface area contributed by atoms with E-state index in [4.69, 9.17) is 4.74 Å². The molecule has 0 atom stereocenters. The number of rotatable bonds is 7. The molecule has 0 saturated heterocycles. The van der Waals surface area contributed by atoms with Crippen LogP contribution in [0.2, 0.25) is 0 Å². The first-order valence-electron chi connectivity index (χ1n) is 6.42. The van der Waals surface area contributed by atoms with Gasteiger partial charge in [-0.1, -0.05) is 6.07 Å². The van der Waals surface area contributed by atoms with Crippen LogP contribution in [0, 0.1) is 17.0 Å². The average Bonchev–Trinajstić information content (AvgIpc) is 2.40. The molecule has 0 heterocycles. The second kappa shape index (κ2) is 8.11. The molecule has 0 unspecified atom stereocenters. The minimum atomic E-state index is -0.495. The van der Waals surface area contributed by atoms with Gasteiger partial charge >= 0.3 is 6.03 Å². The van der Waals surface area contributed by atoms with Gasteiger partial charge in [-0.05, 0) is 25.8 Å². The number of nitrogens with zero attached hydrogens (tertiary/aromatic N) is 1. The van der Waals surface area contributed by atoms with Gasteiger partial charge in [-0.25, -0.2) is 4.79 Å². The number of carbonyl (C=O) groups is 1. The number of anilines is 1. The summed E-state index contributed by atoms with van der Waals surface area (Å²) >= 11 is 0. The summed E-state index contributed by atoms with van der Waals surface area (Å²) in [4.78, 5) is 21.8. The number of hydrogen-bond donors (Lipinski definition) is 2. The molecule has 20 heavy (non-hydrogen) atoms. The molecule has 0 aromatic heterocycles. The van der Waals surface area contributed by atoms with E-state index >= 15 is 0 Å². The van der Waals surface area contributed by atoms with Gasteiger partial charge in [0.15, 0.2) is 0 Å². The monoisotopic (exact) mass is 281 g/mol. The van der Waals surface area contributed by atoms with Crippen LogP contribution in [0.4, 0.5) is 16.2 Å². The van der Waals surface area contributed by atoms with Gasteiger partial charge in [-0.3, -0.25) is 10.1 Å². The lowest BCUT2D eigenvalue weighted by Gasteiger charge is -2.09. The van der Waals surface area contributed by atoms with Gasteiger partial charge in [0.1, 0.15) is 0 Å². The van der Waals surface area contributed by atoms with E-state index in [1.165, 1.54) is 12.1 Å². The van der Waals surface area contributed by atoms with Crippen LogP contribution >= 0.6 is 0 Å². The van der Waals surface area contributed by atoms with Crippen LogP contribution in [-0.4, -0.2) is 30.7 Å².